The molecule has 0 unspecified atom stereocenters. The van der Waals surface area contributed by atoms with Crippen molar-refractivity contribution in [2.45, 2.75) is 6.54 Å². The van der Waals surface area contributed by atoms with Crippen molar-refractivity contribution < 1.29 is 9.53 Å². The number of amides is 1. The highest BCUT2D eigenvalue weighted by Crippen LogP contribution is 2.11. The smallest absolute Gasteiger partial charge is 0.230 e. The predicted molar refractivity (Wildman–Crippen MR) is 97.6 cm³/mol. The zero-order valence-corrected chi connectivity index (χ0v) is 14.0. The zero-order valence-electron chi connectivity index (χ0n) is 13.2. The fraction of sp³-hybridized carbons (Fsp3) is 0.211. The molecule has 120 valence electrons. The van der Waals surface area contributed by atoms with Crippen molar-refractivity contribution in [3.63, 3.8) is 0 Å². The minimum absolute atomic E-state index is 0.0546. The van der Waals surface area contributed by atoms with Gasteiger partial charge in [0.15, 0.2) is 0 Å². The van der Waals surface area contributed by atoms with Crippen LogP contribution in [0.2, 0.25) is 0 Å². The Hall–Kier alpha value is -2.20. The van der Waals surface area contributed by atoms with E-state index in [1.807, 2.05) is 42.5 Å². The number of hydrogen-bond donors (Lipinski definition) is 1. The summed E-state index contributed by atoms with van der Waals surface area (Å²) in [7, 11) is 1.64. The first-order chi connectivity index (χ1) is 11.3. The van der Waals surface area contributed by atoms with E-state index in [2.05, 4.69) is 29.6 Å². The van der Waals surface area contributed by atoms with Crippen LogP contribution in [0.15, 0.2) is 60.7 Å². The van der Waals surface area contributed by atoms with Crippen LogP contribution in [0.3, 0.4) is 0 Å². The molecule has 2 aromatic rings. The maximum atomic E-state index is 11.8. The van der Waals surface area contributed by atoms with Gasteiger partial charge in [-0.3, -0.25) is 4.79 Å². The monoisotopic (exact) mass is 327 g/mol. The highest BCUT2D eigenvalue weighted by Gasteiger charge is 2.01. The molecule has 1 amide bonds. The van der Waals surface area contributed by atoms with Gasteiger partial charge in [0.2, 0.25) is 5.91 Å². The number of nitrogens with one attached hydrogen (secondary N) is 1. The minimum atomic E-state index is 0.0546. The van der Waals surface area contributed by atoms with Gasteiger partial charge in [0.1, 0.15) is 5.75 Å². The van der Waals surface area contributed by atoms with Gasteiger partial charge in [-0.25, -0.2) is 0 Å². The van der Waals surface area contributed by atoms with Gasteiger partial charge in [-0.15, -0.1) is 11.8 Å². The quantitative estimate of drug-likeness (QED) is 0.750. The van der Waals surface area contributed by atoms with Crippen LogP contribution >= 0.6 is 11.8 Å². The van der Waals surface area contributed by atoms with Gasteiger partial charge in [-0.1, -0.05) is 54.6 Å². The molecule has 0 radical (unpaired) electrons. The van der Waals surface area contributed by atoms with E-state index in [-0.39, 0.29) is 5.91 Å². The Morgan fingerprint density at radius 3 is 2.57 bits per heavy atom. The number of carbonyl (C=O) groups excluding carboxylic acids is 1. The van der Waals surface area contributed by atoms with Crippen molar-refractivity contribution in [2.75, 3.05) is 18.6 Å². The highest BCUT2D eigenvalue weighted by molar-refractivity contribution is 8.00. The second-order valence-electron chi connectivity index (χ2n) is 4.95. The van der Waals surface area contributed by atoms with Crippen LogP contribution < -0.4 is 10.1 Å². The van der Waals surface area contributed by atoms with E-state index >= 15 is 0 Å². The Labute approximate surface area is 141 Å². The molecule has 0 fully saturated rings. The van der Waals surface area contributed by atoms with E-state index < -0.39 is 0 Å². The summed E-state index contributed by atoms with van der Waals surface area (Å²) in [5.74, 6) is 2.17. The third kappa shape index (κ3) is 6.61. The van der Waals surface area contributed by atoms with Gasteiger partial charge in [0.25, 0.3) is 0 Å². The maximum Gasteiger partial charge on any atom is 0.230 e. The molecule has 0 aliphatic heterocycles. The van der Waals surface area contributed by atoms with E-state index in [0.717, 1.165) is 17.1 Å². The van der Waals surface area contributed by atoms with Crippen LogP contribution in [0.4, 0.5) is 0 Å². The Kier molecular flexibility index (Phi) is 7.27. The average molecular weight is 327 g/mol. The van der Waals surface area contributed by atoms with E-state index in [1.54, 1.807) is 18.9 Å². The van der Waals surface area contributed by atoms with Crippen molar-refractivity contribution in [1.29, 1.82) is 0 Å². The zero-order chi connectivity index (χ0) is 16.3. The SMILES string of the molecule is COc1ccc(CNC(=O)CSC/C=C/c2ccccc2)cc1. The lowest BCUT2D eigenvalue weighted by atomic mass is 10.2. The van der Waals surface area contributed by atoms with Crippen molar-refractivity contribution in [3.05, 3.63) is 71.8 Å². The number of rotatable bonds is 8. The molecule has 23 heavy (non-hydrogen) atoms. The number of benzene rings is 2. The molecule has 0 aliphatic carbocycles. The summed E-state index contributed by atoms with van der Waals surface area (Å²) in [6, 6.07) is 17.8. The van der Waals surface area contributed by atoms with Gasteiger partial charge < -0.3 is 10.1 Å². The molecular weight excluding hydrogens is 306 g/mol. The van der Waals surface area contributed by atoms with Crippen molar-refractivity contribution in [1.82, 2.24) is 5.32 Å². The summed E-state index contributed by atoms with van der Waals surface area (Å²) in [5.41, 5.74) is 2.24. The maximum absolute atomic E-state index is 11.8. The van der Waals surface area contributed by atoms with Crippen molar-refractivity contribution in [3.8, 4) is 5.75 Å². The molecule has 0 aromatic heterocycles. The summed E-state index contributed by atoms with van der Waals surface area (Å²) < 4.78 is 5.11. The fourth-order valence-corrected chi connectivity index (χ4v) is 2.60. The van der Waals surface area contributed by atoms with Crippen LogP contribution in [0.25, 0.3) is 6.08 Å². The van der Waals surface area contributed by atoms with Crippen LogP contribution in [-0.2, 0) is 11.3 Å². The van der Waals surface area contributed by atoms with Crippen LogP contribution in [0.5, 0.6) is 5.75 Å². The normalized spacial score (nSPS) is 10.7. The summed E-state index contributed by atoms with van der Waals surface area (Å²) in [5, 5.41) is 2.92. The molecule has 1 N–H and O–H groups in total. The lowest BCUT2D eigenvalue weighted by Gasteiger charge is -2.06. The fourth-order valence-electron chi connectivity index (χ4n) is 1.96. The highest BCUT2D eigenvalue weighted by atomic mass is 32.2. The second kappa shape index (κ2) is 9.74. The summed E-state index contributed by atoms with van der Waals surface area (Å²) in [6.45, 7) is 0.545. The van der Waals surface area contributed by atoms with Gasteiger partial charge in [0, 0.05) is 12.3 Å². The third-order valence-electron chi connectivity index (χ3n) is 3.21. The Morgan fingerprint density at radius 2 is 1.87 bits per heavy atom. The Morgan fingerprint density at radius 1 is 1.13 bits per heavy atom. The summed E-state index contributed by atoms with van der Waals surface area (Å²) in [6.07, 6.45) is 4.15. The van der Waals surface area contributed by atoms with Crippen LogP contribution in [0, 0.1) is 0 Å². The largest absolute Gasteiger partial charge is 0.497 e. The van der Waals surface area contributed by atoms with E-state index in [4.69, 9.17) is 4.74 Å². The number of thioether (sulfide) groups is 1. The molecule has 2 aromatic carbocycles. The number of methoxy groups -OCH3 is 1. The lowest BCUT2D eigenvalue weighted by molar-refractivity contribution is -0.118. The summed E-state index contributed by atoms with van der Waals surface area (Å²) >= 11 is 1.60. The van der Waals surface area contributed by atoms with E-state index in [0.29, 0.717) is 12.3 Å². The Bertz CT molecular complexity index is 624. The first-order valence-electron chi connectivity index (χ1n) is 7.47. The third-order valence-corrected chi connectivity index (χ3v) is 4.10. The number of carbonyl (C=O) groups is 1. The van der Waals surface area contributed by atoms with Gasteiger partial charge >= 0.3 is 0 Å². The molecule has 0 saturated carbocycles. The van der Waals surface area contributed by atoms with E-state index in [9.17, 15) is 4.79 Å². The van der Waals surface area contributed by atoms with Crippen LogP contribution in [0.1, 0.15) is 11.1 Å². The average Bonchev–Trinajstić information content (AvgIpc) is 2.61. The van der Waals surface area contributed by atoms with Gasteiger partial charge in [-0.2, -0.15) is 0 Å². The summed E-state index contributed by atoms with van der Waals surface area (Å²) in [4.78, 5) is 11.8. The number of ether oxygens (including phenoxy) is 1. The van der Waals surface area contributed by atoms with Crippen molar-refractivity contribution >= 4 is 23.7 Å². The molecule has 0 saturated heterocycles. The predicted octanol–water partition coefficient (Wildman–Crippen LogP) is 3.76. The standard InChI is InChI=1S/C19H21NO2S/c1-22-18-11-9-17(10-12-18)14-20-19(21)15-23-13-5-8-16-6-3-2-4-7-16/h2-12H,13-15H2,1H3,(H,20,21)/b8-5+. The minimum Gasteiger partial charge on any atom is -0.497 e. The molecule has 0 heterocycles. The molecule has 3 nitrogen and oxygen atoms in total. The molecule has 2 rings (SSSR count). The topological polar surface area (TPSA) is 38.3 Å². The molecule has 0 spiro atoms. The lowest BCUT2D eigenvalue weighted by Crippen LogP contribution is -2.24. The van der Waals surface area contributed by atoms with Crippen LogP contribution in [-0.4, -0.2) is 24.5 Å². The Balaban J connectivity index is 1.62. The second-order valence-corrected chi connectivity index (χ2v) is 5.98. The molecule has 0 aliphatic rings. The molecule has 0 atom stereocenters. The first kappa shape index (κ1) is 17.2. The first-order valence-corrected chi connectivity index (χ1v) is 8.62. The molecular formula is C19H21NO2S. The van der Waals surface area contributed by atoms with Gasteiger partial charge in [-0.05, 0) is 23.3 Å². The molecule has 4 heteroatoms. The van der Waals surface area contributed by atoms with Crippen molar-refractivity contribution in [2.24, 2.45) is 0 Å². The number of hydrogen-bond acceptors (Lipinski definition) is 3. The van der Waals surface area contributed by atoms with E-state index in [1.165, 1.54) is 5.56 Å². The molecule has 0 bridgehead atoms. The van der Waals surface area contributed by atoms with Gasteiger partial charge in [0.05, 0.1) is 12.9 Å².